The van der Waals surface area contributed by atoms with Crippen LogP contribution in [0, 0.1) is 18.3 Å². The molecular weight excluding hydrogens is 330 g/mol. The zero-order valence-electron chi connectivity index (χ0n) is 12.2. The summed E-state index contributed by atoms with van der Waals surface area (Å²) in [4.78, 5) is 3.80. The zero-order chi connectivity index (χ0) is 16.6. The molecule has 0 aliphatic rings. The zero-order valence-corrected chi connectivity index (χ0v) is 13.9. The van der Waals surface area contributed by atoms with Gasteiger partial charge in [0.05, 0.1) is 21.7 Å². The second-order valence-electron chi connectivity index (χ2n) is 5.09. The molecule has 1 aromatic heterocycles. The Labute approximate surface area is 139 Å². The molecule has 3 aromatic rings. The van der Waals surface area contributed by atoms with Gasteiger partial charge in [-0.25, -0.2) is 8.42 Å². The second-order valence-corrected chi connectivity index (χ2v) is 7.29. The quantitative estimate of drug-likeness (QED) is 0.637. The standard InChI is InChI=1S/C16H13N3O2S2/c1-10-2-7-14(16-15(10)11(8-17)9-18-16)19-23(20,21)13-5-3-12(22)4-6-13/h2-7,9,18-19,22H,1H3. The van der Waals surface area contributed by atoms with E-state index in [2.05, 4.69) is 28.4 Å². The Morgan fingerprint density at radius 3 is 2.52 bits per heavy atom. The van der Waals surface area contributed by atoms with Crippen molar-refractivity contribution in [2.75, 3.05) is 4.72 Å². The van der Waals surface area contributed by atoms with E-state index in [1.807, 2.05) is 6.92 Å². The van der Waals surface area contributed by atoms with Crippen LogP contribution in [0.15, 0.2) is 52.4 Å². The van der Waals surface area contributed by atoms with Crippen molar-refractivity contribution < 1.29 is 8.42 Å². The minimum absolute atomic E-state index is 0.149. The maximum Gasteiger partial charge on any atom is 0.261 e. The fraction of sp³-hybridized carbons (Fsp3) is 0.0625. The number of aryl methyl sites for hydroxylation is 1. The third kappa shape index (κ3) is 2.79. The number of nitriles is 1. The van der Waals surface area contributed by atoms with Crippen LogP contribution in [-0.2, 0) is 10.0 Å². The average molecular weight is 343 g/mol. The lowest BCUT2D eigenvalue weighted by Gasteiger charge is -2.10. The fourth-order valence-corrected chi connectivity index (χ4v) is 3.64. The molecule has 0 radical (unpaired) electrons. The van der Waals surface area contributed by atoms with Crippen LogP contribution in [0.5, 0.6) is 0 Å². The summed E-state index contributed by atoms with van der Waals surface area (Å²) in [5.41, 5.74) is 2.39. The number of aromatic nitrogens is 1. The Morgan fingerprint density at radius 2 is 1.87 bits per heavy atom. The molecule has 1 heterocycles. The van der Waals surface area contributed by atoms with Gasteiger partial charge in [-0.1, -0.05) is 6.07 Å². The van der Waals surface area contributed by atoms with Gasteiger partial charge in [-0.3, -0.25) is 4.72 Å². The summed E-state index contributed by atoms with van der Waals surface area (Å²) < 4.78 is 27.6. The molecule has 2 aromatic carbocycles. The van der Waals surface area contributed by atoms with Crippen LogP contribution in [0.25, 0.3) is 10.9 Å². The van der Waals surface area contributed by atoms with Gasteiger partial charge in [-0.05, 0) is 42.8 Å². The Balaban J connectivity index is 2.08. The average Bonchev–Trinajstić information content (AvgIpc) is 2.95. The van der Waals surface area contributed by atoms with Gasteiger partial charge in [0.2, 0.25) is 0 Å². The van der Waals surface area contributed by atoms with E-state index in [1.54, 1.807) is 30.5 Å². The van der Waals surface area contributed by atoms with Gasteiger partial charge in [-0.15, -0.1) is 12.6 Å². The van der Waals surface area contributed by atoms with E-state index < -0.39 is 10.0 Å². The van der Waals surface area contributed by atoms with Crippen molar-refractivity contribution in [2.24, 2.45) is 0 Å². The molecule has 2 N–H and O–H groups in total. The van der Waals surface area contributed by atoms with Crippen molar-refractivity contribution in [3.8, 4) is 6.07 Å². The number of thiol groups is 1. The predicted octanol–water partition coefficient (Wildman–Crippen LogP) is 3.44. The molecular formula is C16H13N3O2S2. The van der Waals surface area contributed by atoms with Crippen LogP contribution < -0.4 is 4.72 Å². The molecule has 0 spiro atoms. The number of aromatic amines is 1. The maximum absolute atomic E-state index is 12.5. The highest BCUT2D eigenvalue weighted by Crippen LogP contribution is 2.30. The van der Waals surface area contributed by atoms with E-state index >= 15 is 0 Å². The number of nitrogens with one attached hydrogen (secondary N) is 2. The topological polar surface area (TPSA) is 85.8 Å². The monoisotopic (exact) mass is 343 g/mol. The molecule has 0 saturated heterocycles. The molecule has 0 aliphatic heterocycles. The highest BCUT2D eigenvalue weighted by atomic mass is 32.2. The van der Waals surface area contributed by atoms with E-state index in [1.165, 1.54) is 12.1 Å². The van der Waals surface area contributed by atoms with Gasteiger partial charge >= 0.3 is 0 Å². The minimum atomic E-state index is -3.72. The van der Waals surface area contributed by atoms with Gasteiger partial charge in [0, 0.05) is 16.5 Å². The molecule has 7 heteroatoms. The first-order chi connectivity index (χ1) is 10.9. The van der Waals surface area contributed by atoms with E-state index in [0.717, 1.165) is 10.9 Å². The molecule has 116 valence electrons. The highest BCUT2D eigenvalue weighted by molar-refractivity contribution is 7.92. The number of benzene rings is 2. The first-order valence-electron chi connectivity index (χ1n) is 6.75. The number of rotatable bonds is 3. The van der Waals surface area contributed by atoms with Crippen LogP contribution in [0.2, 0.25) is 0 Å². The molecule has 0 atom stereocenters. The van der Waals surface area contributed by atoms with Crippen molar-refractivity contribution in [3.63, 3.8) is 0 Å². The molecule has 0 amide bonds. The first kappa shape index (κ1) is 15.5. The van der Waals surface area contributed by atoms with Crippen molar-refractivity contribution in [1.82, 2.24) is 4.98 Å². The Hall–Kier alpha value is -2.43. The highest BCUT2D eigenvalue weighted by Gasteiger charge is 2.17. The third-order valence-electron chi connectivity index (χ3n) is 3.56. The van der Waals surface area contributed by atoms with Crippen LogP contribution in [0.3, 0.4) is 0 Å². The molecule has 0 fully saturated rings. The normalized spacial score (nSPS) is 11.3. The van der Waals surface area contributed by atoms with E-state index in [4.69, 9.17) is 5.26 Å². The maximum atomic E-state index is 12.5. The predicted molar refractivity (Wildman–Crippen MR) is 92.3 cm³/mol. The SMILES string of the molecule is Cc1ccc(NS(=O)(=O)c2ccc(S)cc2)c2[nH]cc(C#N)c12. The number of H-pyrrole nitrogens is 1. The number of hydrogen-bond acceptors (Lipinski definition) is 4. The summed E-state index contributed by atoms with van der Waals surface area (Å²) in [6.07, 6.45) is 1.57. The van der Waals surface area contributed by atoms with Gasteiger partial charge < -0.3 is 4.98 Å². The van der Waals surface area contributed by atoms with Crippen LogP contribution in [-0.4, -0.2) is 13.4 Å². The largest absolute Gasteiger partial charge is 0.358 e. The summed E-state index contributed by atoms with van der Waals surface area (Å²) >= 11 is 4.15. The number of nitrogens with zero attached hydrogens (tertiary/aromatic N) is 1. The van der Waals surface area contributed by atoms with Crippen molar-refractivity contribution in [3.05, 3.63) is 53.7 Å². The summed E-state index contributed by atoms with van der Waals surface area (Å²) in [5, 5.41) is 9.88. The summed E-state index contributed by atoms with van der Waals surface area (Å²) in [5.74, 6) is 0. The van der Waals surface area contributed by atoms with E-state index in [0.29, 0.717) is 21.7 Å². The second kappa shape index (κ2) is 5.65. The Morgan fingerprint density at radius 1 is 1.17 bits per heavy atom. The molecule has 0 unspecified atom stereocenters. The number of sulfonamides is 1. The Bertz CT molecular complexity index is 1030. The smallest absolute Gasteiger partial charge is 0.261 e. The summed E-state index contributed by atoms with van der Waals surface area (Å²) in [6, 6.07) is 11.8. The van der Waals surface area contributed by atoms with Crippen LogP contribution in [0.4, 0.5) is 5.69 Å². The lowest BCUT2D eigenvalue weighted by molar-refractivity contribution is 0.601. The molecule has 23 heavy (non-hydrogen) atoms. The van der Waals surface area contributed by atoms with E-state index in [-0.39, 0.29) is 4.90 Å². The number of hydrogen-bond donors (Lipinski definition) is 3. The van der Waals surface area contributed by atoms with Gasteiger partial charge in [0.25, 0.3) is 10.0 Å². The van der Waals surface area contributed by atoms with Gasteiger partial charge in [0.1, 0.15) is 6.07 Å². The summed E-state index contributed by atoms with van der Waals surface area (Å²) in [7, 11) is -3.72. The molecule has 5 nitrogen and oxygen atoms in total. The number of anilines is 1. The van der Waals surface area contributed by atoms with E-state index in [9.17, 15) is 8.42 Å². The lowest BCUT2D eigenvalue weighted by atomic mass is 10.1. The van der Waals surface area contributed by atoms with Gasteiger partial charge in [-0.2, -0.15) is 5.26 Å². The Kier molecular flexibility index (Phi) is 3.80. The van der Waals surface area contributed by atoms with Crippen molar-refractivity contribution >= 4 is 39.2 Å². The van der Waals surface area contributed by atoms with Crippen LogP contribution >= 0.6 is 12.6 Å². The molecule has 3 rings (SSSR count). The molecule has 0 bridgehead atoms. The van der Waals surface area contributed by atoms with Crippen LogP contribution in [0.1, 0.15) is 11.1 Å². The summed E-state index contributed by atoms with van der Waals surface area (Å²) in [6.45, 7) is 1.88. The van der Waals surface area contributed by atoms with Crippen molar-refractivity contribution in [1.29, 1.82) is 5.26 Å². The number of fused-ring (bicyclic) bond motifs is 1. The van der Waals surface area contributed by atoms with Gasteiger partial charge in [0.15, 0.2) is 0 Å². The molecule has 0 aliphatic carbocycles. The lowest BCUT2D eigenvalue weighted by Crippen LogP contribution is -2.13. The molecule has 0 saturated carbocycles. The van der Waals surface area contributed by atoms with Crippen molar-refractivity contribution in [2.45, 2.75) is 16.7 Å². The fourth-order valence-electron chi connectivity index (χ4n) is 2.42. The third-order valence-corrected chi connectivity index (χ3v) is 5.24. The first-order valence-corrected chi connectivity index (χ1v) is 8.68. The minimum Gasteiger partial charge on any atom is -0.358 e.